The number of ether oxygens (including phenoxy) is 1. The Morgan fingerprint density at radius 2 is 1.93 bits per heavy atom. The molecule has 3 rings (SSSR count). The maximum Gasteiger partial charge on any atom is 0.190 e. The third kappa shape index (κ3) is 5.54. The maximum absolute atomic E-state index is 7.54. The average molecular weight is 411 g/mol. The molecule has 0 aliphatic rings. The predicted octanol–water partition coefficient (Wildman–Crippen LogP) is 7.57. The standard InChI is InChI=1S/C23H30N4OS/c1-16(15-23(2,3)4)11-12-28-20-13-19-21(14-18(20)26-24)29-22(25-19)27(5)17-9-7-6-8-10-17/h6-10,13-14,16,24H,11-12,15H2,1-5H3. The van der Waals surface area contributed by atoms with Gasteiger partial charge in [-0.25, -0.2) is 10.5 Å². The Morgan fingerprint density at radius 1 is 1.21 bits per heavy atom. The van der Waals surface area contributed by atoms with Crippen LogP contribution in [0.4, 0.5) is 16.5 Å². The van der Waals surface area contributed by atoms with E-state index >= 15 is 0 Å². The number of thiazole rings is 1. The Balaban J connectivity index is 1.76. The zero-order valence-corrected chi connectivity index (χ0v) is 18.7. The number of rotatable bonds is 8. The zero-order chi connectivity index (χ0) is 21.0. The molecule has 0 radical (unpaired) electrons. The fraction of sp³-hybridized carbons (Fsp3) is 0.435. The van der Waals surface area contributed by atoms with Crippen LogP contribution in [0.25, 0.3) is 10.2 Å². The number of aromatic nitrogens is 1. The van der Waals surface area contributed by atoms with Crippen molar-refractivity contribution >= 4 is 38.1 Å². The summed E-state index contributed by atoms with van der Waals surface area (Å²) in [6.07, 6.45) is 2.14. The van der Waals surface area contributed by atoms with Crippen molar-refractivity contribution in [1.82, 2.24) is 4.98 Å². The van der Waals surface area contributed by atoms with Gasteiger partial charge in [0.1, 0.15) is 11.4 Å². The summed E-state index contributed by atoms with van der Waals surface area (Å²) in [7, 11) is 2.01. The number of nitrogens with one attached hydrogen (secondary N) is 1. The van der Waals surface area contributed by atoms with Gasteiger partial charge in [0.25, 0.3) is 0 Å². The van der Waals surface area contributed by atoms with Gasteiger partial charge < -0.3 is 9.64 Å². The van der Waals surface area contributed by atoms with Crippen molar-refractivity contribution in [3.63, 3.8) is 0 Å². The van der Waals surface area contributed by atoms with Crippen LogP contribution in [0.15, 0.2) is 47.6 Å². The van der Waals surface area contributed by atoms with Crippen LogP contribution in [-0.4, -0.2) is 18.6 Å². The van der Waals surface area contributed by atoms with Crippen LogP contribution in [0, 0.1) is 16.9 Å². The van der Waals surface area contributed by atoms with E-state index in [1.165, 1.54) is 0 Å². The Labute approximate surface area is 177 Å². The lowest BCUT2D eigenvalue weighted by Crippen LogP contribution is -2.13. The molecule has 1 N–H and O–H groups in total. The minimum Gasteiger partial charge on any atom is -0.491 e. The number of para-hydroxylation sites is 1. The van der Waals surface area contributed by atoms with Crippen molar-refractivity contribution < 1.29 is 4.74 Å². The highest BCUT2D eigenvalue weighted by Crippen LogP contribution is 2.39. The maximum atomic E-state index is 7.54. The molecule has 0 aliphatic carbocycles. The molecule has 2 aromatic carbocycles. The van der Waals surface area contributed by atoms with Crippen LogP contribution in [-0.2, 0) is 0 Å². The van der Waals surface area contributed by atoms with Crippen LogP contribution < -0.4 is 9.64 Å². The minimum atomic E-state index is 0.321. The predicted molar refractivity (Wildman–Crippen MR) is 122 cm³/mol. The lowest BCUT2D eigenvalue weighted by atomic mass is 9.84. The molecule has 0 fully saturated rings. The molecule has 1 aromatic heterocycles. The molecule has 154 valence electrons. The van der Waals surface area contributed by atoms with Gasteiger partial charge in [0, 0.05) is 18.8 Å². The first-order chi connectivity index (χ1) is 13.8. The SMILES string of the molecule is CC(CCOc1cc2nc(N(C)c3ccccc3)sc2cc1N=N)CC(C)(C)C. The molecule has 5 nitrogen and oxygen atoms in total. The average Bonchev–Trinajstić information content (AvgIpc) is 3.08. The number of benzene rings is 2. The smallest absolute Gasteiger partial charge is 0.190 e. The fourth-order valence-corrected chi connectivity index (χ4v) is 4.52. The number of nitrogens with zero attached hydrogens (tertiary/aromatic N) is 3. The van der Waals surface area contributed by atoms with Gasteiger partial charge in [-0.05, 0) is 42.4 Å². The van der Waals surface area contributed by atoms with Gasteiger partial charge in [-0.15, -0.1) is 0 Å². The van der Waals surface area contributed by atoms with E-state index < -0.39 is 0 Å². The lowest BCUT2D eigenvalue weighted by Gasteiger charge is -2.23. The van der Waals surface area contributed by atoms with E-state index in [1.54, 1.807) is 11.3 Å². The molecule has 0 amide bonds. The van der Waals surface area contributed by atoms with E-state index in [0.717, 1.165) is 33.9 Å². The Morgan fingerprint density at radius 3 is 2.59 bits per heavy atom. The molecule has 29 heavy (non-hydrogen) atoms. The molecule has 0 saturated heterocycles. The molecular formula is C23H30N4OS. The number of anilines is 2. The summed E-state index contributed by atoms with van der Waals surface area (Å²) in [5.74, 6) is 1.22. The Kier molecular flexibility index (Phi) is 6.52. The second kappa shape index (κ2) is 8.91. The van der Waals surface area contributed by atoms with Crippen molar-refractivity contribution in [3.05, 3.63) is 42.5 Å². The largest absolute Gasteiger partial charge is 0.491 e. The highest BCUT2D eigenvalue weighted by atomic mass is 32.1. The van der Waals surface area contributed by atoms with Crippen molar-refractivity contribution in [3.8, 4) is 5.75 Å². The number of hydrogen-bond acceptors (Lipinski definition) is 6. The molecule has 1 atom stereocenters. The van der Waals surface area contributed by atoms with E-state index in [4.69, 9.17) is 15.3 Å². The van der Waals surface area contributed by atoms with Crippen LogP contribution in [0.2, 0.25) is 0 Å². The number of hydrogen-bond donors (Lipinski definition) is 1. The molecule has 0 aliphatic heterocycles. The van der Waals surface area contributed by atoms with Crippen LogP contribution in [0.1, 0.15) is 40.5 Å². The Bertz CT molecular complexity index is 962. The first-order valence-corrected chi connectivity index (χ1v) is 10.8. The lowest BCUT2D eigenvalue weighted by molar-refractivity contribution is 0.241. The molecule has 1 unspecified atom stereocenters. The van der Waals surface area contributed by atoms with Gasteiger partial charge in [0.05, 0.1) is 16.8 Å². The Hall–Kier alpha value is -2.47. The van der Waals surface area contributed by atoms with Gasteiger partial charge in [0.15, 0.2) is 5.13 Å². The highest BCUT2D eigenvalue weighted by molar-refractivity contribution is 7.22. The molecule has 3 aromatic rings. The van der Waals surface area contributed by atoms with E-state index in [9.17, 15) is 0 Å². The summed E-state index contributed by atoms with van der Waals surface area (Å²) in [6.45, 7) is 9.68. The first kappa shape index (κ1) is 21.2. The van der Waals surface area contributed by atoms with Gasteiger partial charge >= 0.3 is 0 Å². The van der Waals surface area contributed by atoms with Crippen molar-refractivity contribution in [2.75, 3.05) is 18.6 Å². The molecule has 0 bridgehead atoms. The van der Waals surface area contributed by atoms with Crippen molar-refractivity contribution in [2.24, 2.45) is 16.4 Å². The third-order valence-electron chi connectivity index (χ3n) is 4.84. The van der Waals surface area contributed by atoms with Gasteiger partial charge in [-0.2, -0.15) is 5.11 Å². The normalized spacial score (nSPS) is 12.7. The molecule has 1 heterocycles. The van der Waals surface area contributed by atoms with Gasteiger partial charge in [0.2, 0.25) is 0 Å². The van der Waals surface area contributed by atoms with Gasteiger partial charge in [-0.3, -0.25) is 0 Å². The topological polar surface area (TPSA) is 61.6 Å². The van der Waals surface area contributed by atoms with Crippen molar-refractivity contribution in [2.45, 2.75) is 40.5 Å². The van der Waals surface area contributed by atoms with Gasteiger partial charge in [-0.1, -0.05) is 57.2 Å². The second-order valence-corrected chi connectivity index (χ2v) is 9.81. The molecule has 0 saturated carbocycles. The highest BCUT2D eigenvalue weighted by Gasteiger charge is 2.17. The summed E-state index contributed by atoms with van der Waals surface area (Å²) in [4.78, 5) is 6.84. The number of fused-ring (bicyclic) bond motifs is 1. The quantitative estimate of drug-likeness (QED) is 0.390. The summed E-state index contributed by atoms with van der Waals surface area (Å²) in [5, 5.41) is 4.58. The summed E-state index contributed by atoms with van der Waals surface area (Å²) < 4.78 is 7.02. The van der Waals surface area contributed by atoms with Crippen molar-refractivity contribution in [1.29, 1.82) is 5.53 Å². The summed E-state index contributed by atoms with van der Waals surface area (Å²) >= 11 is 1.59. The molecule has 6 heteroatoms. The van der Waals surface area contributed by atoms with E-state index in [-0.39, 0.29) is 0 Å². The van der Waals surface area contributed by atoms with Crippen LogP contribution in [0.5, 0.6) is 5.75 Å². The first-order valence-electron chi connectivity index (χ1n) is 10.0. The zero-order valence-electron chi connectivity index (χ0n) is 17.9. The molecule has 0 spiro atoms. The molecular weight excluding hydrogens is 380 g/mol. The fourth-order valence-electron chi connectivity index (χ4n) is 3.56. The monoisotopic (exact) mass is 410 g/mol. The summed E-state index contributed by atoms with van der Waals surface area (Å²) in [5.41, 5.74) is 10.4. The van der Waals surface area contributed by atoms with E-state index in [0.29, 0.717) is 29.4 Å². The minimum absolute atomic E-state index is 0.321. The van der Waals surface area contributed by atoms with Crippen LogP contribution >= 0.6 is 11.3 Å². The third-order valence-corrected chi connectivity index (χ3v) is 5.93. The van der Waals surface area contributed by atoms with E-state index in [1.807, 2.05) is 37.4 Å². The van der Waals surface area contributed by atoms with E-state index in [2.05, 4.69) is 49.8 Å². The second-order valence-electron chi connectivity index (χ2n) is 8.80. The summed E-state index contributed by atoms with van der Waals surface area (Å²) in [6, 6.07) is 14.0. The van der Waals surface area contributed by atoms with Crippen LogP contribution in [0.3, 0.4) is 0 Å².